The van der Waals surface area contributed by atoms with Crippen LogP contribution in [0.1, 0.15) is 52.4 Å². The average molecular weight is 460 g/mol. The smallest absolute Gasteiger partial charge is 0.244 e. The maximum atomic E-state index is 13.2. The summed E-state index contributed by atoms with van der Waals surface area (Å²) in [5, 5.41) is 1.96. The summed E-state index contributed by atoms with van der Waals surface area (Å²) < 4.78 is 3.72. The van der Waals surface area contributed by atoms with Gasteiger partial charge in [-0.05, 0) is 35.2 Å². The van der Waals surface area contributed by atoms with Crippen molar-refractivity contribution >= 4 is 22.3 Å². The molecule has 26 heavy (non-hydrogen) atoms. The van der Waals surface area contributed by atoms with Gasteiger partial charge >= 0.3 is 0 Å². The van der Waals surface area contributed by atoms with Gasteiger partial charge in [0.05, 0.1) is 13.6 Å². The molecule has 0 N–H and O–H groups in total. The van der Waals surface area contributed by atoms with Crippen molar-refractivity contribution in [2.75, 3.05) is 0 Å². The Hall–Kier alpha value is -2.02. The summed E-state index contributed by atoms with van der Waals surface area (Å²) >= 11 is 0. The first kappa shape index (κ1) is 18.8. The number of ketones is 2. The molecule has 4 rings (SSSR count). The summed E-state index contributed by atoms with van der Waals surface area (Å²) in [4.78, 5) is 26.3. The molecule has 1 aliphatic carbocycles. The van der Waals surface area contributed by atoms with Crippen LogP contribution in [0.15, 0.2) is 42.7 Å². The summed E-state index contributed by atoms with van der Waals surface area (Å²) in [6.45, 7) is 5.05. The second kappa shape index (κ2) is 6.95. The van der Waals surface area contributed by atoms with Crippen molar-refractivity contribution in [2.45, 2.75) is 26.8 Å². The largest absolute Gasteiger partial charge is 1.00 e. The second-order valence-corrected chi connectivity index (χ2v) is 7.20. The zero-order valence-corrected chi connectivity index (χ0v) is 17.3. The molecule has 0 bridgehead atoms. The van der Waals surface area contributed by atoms with Crippen molar-refractivity contribution in [1.82, 2.24) is 4.57 Å². The Bertz CT molecular complexity index is 1030. The van der Waals surface area contributed by atoms with Gasteiger partial charge in [-0.15, -0.1) is 0 Å². The molecule has 0 saturated heterocycles. The van der Waals surface area contributed by atoms with Gasteiger partial charge in [0.2, 0.25) is 29.3 Å². The monoisotopic (exact) mass is 460 g/mol. The molecule has 0 fully saturated rings. The van der Waals surface area contributed by atoms with Crippen LogP contribution < -0.4 is 28.5 Å². The van der Waals surface area contributed by atoms with E-state index in [1.165, 1.54) is 0 Å². The van der Waals surface area contributed by atoms with Crippen molar-refractivity contribution in [3.63, 3.8) is 0 Å². The van der Waals surface area contributed by atoms with Gasteiger partial charge in [-0.3, -0.25) is 9.59 Å². The van der Waals surface area contributed by atoms with Crippen LogP contribution in [-0.4, -0.2) is 16.1 Å². The molecule has 5 heteroatoms. The molecule has 0 saturated carbocycles. The highest BCUT2D eigenvalue weighted by atomic mass is 127. The highest BCUT2D eigenvalue weighted by Crippen LogP contribution is 2.29. The summed E-state index contributed by atoms with van der Waals surface area (Å²) in [7, 11) is 1.84. The molecule has 0 aliphatic heterocycles. The molecule has 1 aliphatic rings. The molecule has 3 aromatic rings. The molecular weight excluding hydrogens is 439 g/mol. The number of carbonyl (C=O) groups is 2. The molecule has 0 radical (unpaired) electrons. The maximum absolute atomic E-state index is 13.2. The number of fused-ring (bicyclic) bond motifs is 3. The van der Waals surface area contributed by atoms with Crippen molar-refractivity contribution in [1.29, 1.82) is 0 Å². The van der Waals surface area contributed by atoms with E-state index in [-0.39, 0.29) is 35.5 Å². The number of nitrogens with zero attached hydrogens (tertiary/aromatic N) is 2. The Morgan fingerprint density at radius 2 is 1.58 bits per heavy atom. The summed E-state index contributed by atoms with van der Waals surface area (Å²) in [6.07, 6.45) is 2.83. The molecular formula is C21H21IN2O2. The number of benzene rings is 2. The average Bonchev–Trinajstić information content (AvgIpc) is 2.93. The van der Waals surface area contributed by atoms with E-state index in [9.17, 15) is 9.59 Å². The Morgan fingerprint density at radius 1 is 1.00 bits per heavy atom. The highest BCUT2D eigenvalue weighted by Gasteiger charge is 2.40. The normalized spacial score (nSPS) is 12.9. The van der Waals surface area contributed by atoms with Crippen molar-refractivity contribution in [3.05, 3.63) is 65.2 Å². The number of halogens is 1. The van der Waals surface area contributed by atoms with Gasteiger partial charge in [-0.1, -0.05) is 38.1 Å². The molecule has 1 aromatic heterocycles. The van der Waals surface area contributed by atoms with E-state index in [0.29, 0.717) is 28.4 Å². The Balaban J connectivity index is 0.00000196. The third kappa shape index (κ3) is 2.88. The van der Waals surface area contributed by atoms with Crippen LogP contribution in [0.25, 0.3) is 10.8 Å². The summed E-state index contributed by atoms with van der Waals surface area (Å²) in [6, 6.07) is 11.5. The van der Waals surface area contributed by atoms with E-state index < -0.39 is 0 Å². The van der Waals surface area contributed by atoms with E-state index in [2.05, 4.69) is 13.8 Å². The SMILES string of the molecule is CC(C)CCn1c[n+](C)c2c1C(=O)c1cc3ccccc3cc1C2=O.[I-]. The molecule has 2 aromatic carbocycles. The van der Waals surface area contributed by atoms with Crippen molar-refractivity contribution in [2.24, 2.45) is 13.0 Å². The molecule has 1 heterocycles. The van der Waals surface area contributed by atoms with Gasteiger partial charge < -0.3 is 24.0 Å². The van der Waals surface area contributed by atoms with Gasteiger partial charge in [-0.25, -0.2) is 9.13 Å². The van der Waals surface area contributed by atoms with Crippen LogP contribution in [-0.2, 0) is 13.6 Å². The summed E-state index contributed by atoms with van der Waals surface area (Å²) in [5.74, 6) is 0.412. The van der Waals surface area contributed by atoms with Crippen molar-refractivity contribution < 1.29 is 38.1 Å². The van der Waals surface area contributed by atoms with Crippen LogP contribution in [0.3, 0.4) is 0 Å². The number of aromatic nitrogens is 2. The van der Waals surface area contributed by atoms with Crippen LogP contribution in [0, 0.1) is 5.92 Å². The number of carbonyl (C=O) groups excluding carboxylic acids is 2. The van der Waals surface area contributed by atoms with Gasteiger partial charge in [0.1, 0.15) is 0 Å². The lowest BCUT2D eigenvalue weighted by Gasteiger charge is -2.14. The first-order valence-electron chi connectivity index (χ1n) is 8.68. The van der Waals surface area contributed by atoms with Crippen LogP contribution in [0.5, 0.6) is 0 Å². The number of aryl methyl sites for hydroxylation is 2. The van der Waals surface area contributed by atoms with Gasteiger partial charge in [0, 0.05) is 11.1 Å². The van der Waals surface area contributed by atoms with Crippen LogP contribution in [0.4, 0.5) is 0 Å². The Morgan fingerprint density at radius 3 is 2.15 bits per heavy atom. The van der Waals surface area contributed by atoms with Crippen LogP contribution >= 0.6 is 0 Å². The van der Waals surface area contributed by atoms with E-state index in [0.717, 1.165) is 23.7 Å². The second-order valence-electron chi connectivity index (χ2n) is 7.20. The van der Waals surface area contributed by atoms with E-state index in [4.69, 9.17) is 0 Å². The number of imidazole rings is 1. The number of hydrogen-bond donors (Lipinski definition) is 0. The van der Waals surface area contributed by atoms with Gasteiger partial charge in [0.25, 0.3) is 0 Å². The first-order chi connectivity index (χ1) is 12.0. The maximum Gasteiger partial charge on any atom is 0.244 e. The minimum absolute atomic E-state index is 0. The first-order valence-corrected chi connectivity index (χ1v) is 8.68. The highest BCUT2D eigenvalue weighted by molar-refractivity contribution is 6.27. The minimum Gasteiger partial charge on any atom is -1.00 e. The third-order valence-corrected chi connectivity index (χ3v) is 4.93. The number of rotatable bonds is 3. The Kier molecular flexibility index (Phi) is 5.01. The molecule has 4 nitrogen and oxygen atoms in total. The quantitative estimate of drug-likeness (QED) is 0.326. The summed E-state index contributed by atoms with van der Waals surface area (Å²) in [5.41, 5.74) is 2.04. The van der Waals surface area contributed by atoms with Crippen LogP contribution in [0.2, 0.25) is 0 Å². The molecule has 0 amide bonds. The lowest BCUT2D eigenvalue weighted by atomic mass is 9.87. The predicted molar refractivity (Wildman–Crippen MR) is 95.9 cm³/mol. The Labute approximate surface area is 169 Å². The predicted octanol–water partition coefficient (Wildman–Crippen LogP) is 0.291. The molecule has 0 atom stereocenters. The van der Waals surface area contributed by atoms with Gasteiger partial charge in [-0.2, -0.15) is 0 Å². The van der Waals surface area contributed by atoms with E-state index >= 15 is 0 Å². The molecule has 0 spiro atoms. The topological polar surface area (TPSA) is 43.0 Å². The van der Waals surface area contributed by atoms with E-state index in [1.54, 1.807) is 4.57 Å². The lowest BCUT2D eigenvalue weighted by molar-refractivity contribution is -0.672. The van der Waals surface area contributed by atoms with Gasteiger partial charge in [0.15, 0.2) is 0 Å². The molecule has 134 valence electrons. The lowest BCUT2D eigenvalue weighted by Crippen LogP contribution is -3.00. The standard InChI is InChI=1S/C21H21N2O2.HI/c1-13(2)8-9-23-12-22(3)18-19(23)21(25)17-11-15-7-5-4-6-14(15)10-16(17)20(18)24;/h4-7,10-13H,8-9H2,1-3H3;1H/q+1;/p-1. The van der Waals surface area contributed by atoms with E-state index in [1.807, 2.05) is 54.3 Å². The fraction of sp³-hybridized carbons (Fsp3) is 0.286. The number of hydrogen-bond acceptors (Lipinski definition) is 2. The fourth-order valence-electron chi connectivity index (χ4n) is 3.57. The van der Waals surface area contributed by atoms with Crippen molar-refractivity contribution in [3.8, 4) is 0 Å². The molecule has 0 unspecified atom stereocenters. The fourth-order valence-corrected chi connectivity index (χ4v) is 3.57. The zero-order valence-electron chi connectivity index (χ0n) is 15.1. The zero-order chi connectivity index (χ0) is 17.7. The minimum atomic E-state index is -0.0684. The third-order valence-electron chi connectivity index (χ3n) is 4.93.